The van der Waals surface area contributed by atoms with E-state index in [1.165, 1.54) is 6.42 Å². The summed E-state index contributed by atoms with van der Waals surface area (Å²) in [7, 11) is 1.76. The molecule has 0 aliphatic carbocycles. The van der Waals surface area contributed by atoms with E-state index in [2.05, 4.69) is 12.0 Å². The monoisotopic (exact) mass is 236 g/mol. The molecule has 2 rings (SSSR count). The first-order chi connectivity index (χ1) is 8.13. The van der Waals surface area contributed by atoms with Gasteiger partial charge in [-0.05, 0) is 25.7 Å². The molecule has 1 aliphatic rings. The Kier molecular flexibility index (Phi) is 3.36. The van der Waals surface area contributed by atoms with Crippen LogP contribution in [0.25, 0.3) is 0 Å². The maximum Gasteiger partial charge on any atom is 0.272 e. The highest BCUT2D eigenvalue weighted by molar-refractivity contribution is 5.93. The molecule has 2 N–H and O–H groups in total. The number of hydrogen-bond acceptors (Lipinski definition) is 3. The Balaban J connectivity index is 2.21. The Labute approximate surface area is 102 Å². The Hall–Kier alpha value is -1.52. The summed E-state index contributed by atoms with van der Waals surface area (Å²) >= 11 is 0. The normalized spacial score (nSPS) is 20.6. The zero-order chi connectivity index (χ0) is 12.4. The van der Waals surface area contributed by atoms with Crippen molar-refractivity contribution in [1.82, 2.24) is 14.7 Å². The van der Waals surface area contributed by atoms with Crippen LogP contribution in [0.2, 0.25) is 0 Å². The molecule has 1 aliphatic heterocycles. The van der Waals surface area contributed by atoms with Crippen LogP contribution in [0.5, 0.6) is 0 Å². The molecule has 1 saturated heterocycles. The number of nitrogens with zero attached hydrogens (tertiary/aromatic N) is 3. The number of hydrogen-bond donors (Lipinski definition) is 1. The van der Waals surface area contributed by atoms with Crippen molar-refractivity contribution in [2.75, 3.05) is 12.3 Å². The van der Waals surface area contributed by atoms with Crippen LogP contribution in [0.1, 0.15) is 43.1 Å². The van der Waals surface area contributed by atoms with Gasteiger partial charge >= 0.3 is 0 Å². The number of carbonyl (C=O) groups excluding carboxylic acids is 1. The van der Waals surface area contributed by atoms with Crippen LogP contribution < -0.4 is 5.73 Å². The van der Waals surface area contributed by atoms with Gasteiger partial charge in [0.15, 0.2) is 0 Å². The molecule has 2 heterocycles. The first-order valence-electron chi connectivity index (χ1n) is 6.24. The molecule has 0 aromatic carbocycles. The van der Waals surface area contributed by atoms with E-state index in [9.17, 15) is 4.79 Å². The van der Waals surface area contributed by atoms with E-state index in [0.717, 1.165) is 25.8 Å². The molecule has 0 spiro atoms. The maximum atomic E-state index is 12.4. The van der Waals surface area contributed by atoms with Gasteiger partial charge in [0, 0.05) is 25.7 Å². The average molecular weight is 236 g/mol. The predicted octanol–water partition coefficient (Wildman–Crippen LogP) is 1.41. The van der Waals surface area contributed by atoms with Gasteiger partial charge in [0.1, 0.15) is 11.5 Å². The number of likely N-dealkylation sites (tertiary alicyclic amines) is 1. The molecule has 1 aromatic rings. The number of amides is 1. The van der Waals surface area contributed by atoms with E-state index >= 15 is 0 Å². The molecular formula is C12H20N4O. The van der Waals surface area contributed by atoms with Crippen molar-refractivity contribution < 1.29 is 4.79 Å². The largest absolute Gasteiger partial charge is 0.382 e. The molecule has 1 fully saturated rings. The van der Waals surface area contributed by atoms with Crippen molar-refractivity contribution in [3.63, 3.8) is 0 Å². The summed E-state index contributed by atoms with van der Waals surface area (Å²) in [6, 6.07) is 2.02. The van der Waals surface area contributed by atoms with Gasteiger partial charge in [0.25, 0.3) is 5.91 Å². The van der Waals surface area contributed by atoms with Gasteiger partial charge < -0.3 is 10.6 Å². The highest BCUT2D eigenvalue weighted by Crippen LogP contribution is 2.22. The van der Waals surface area contributed by atoms with Crippen molar-refractivity contribution in [1.29, 1.82) is 0 Å². The Morgan fingerprint density at radius 2 is 2.35 bits per heavy atom. The number of piperidine rings is 1. The molecule has 0 saturated carbocycles. The van der Waals surface area contributed by atoms with Crippen LogP contribution in [-0.2, 0) is 7.05 Å². The lowest BCUT2D eigenvalue weighted by atomic mass is 9.99. The zero-order valence-corrected chi connectivity index (χ0v) is 10.5. The summed E-state index contributed by atoms with van der Waals surface area (Å²) < 4.78 is 1.57. The topological polar surface area (TPSA) is 64.2 Å². The van der Waals surface area contributed by atoms with E-state index in [-0.39, 0.29) is 5.91 Å². The number of aromatic nitrogens is 2. The third kappa shape index (κ3) is 2.28. The predicted molar refractivity (Wildman–Crippen MR) is 66.6 cm³/mol. The minimum absolute atomic E-state index is 0.0586. The maximum absolute atomic E-state index is 12.4. The van der Waals surface area contributed by atoms with Gasteiger partial charge in [0.05, 0.1) is 0 Å². The van der Waals surface area contributed by atoms with Crippen LogP contribution in [0.3, 0.4) is 0 Å². The molecule has 1 amide bonds. The molecule has 17 heavy (non-hydrogen) atoms. The van der Waals surface area contributed by atoms with Gasteiger partial charge in [-0.15, -0.1) is 0 Å². The van der Waals surface area contributed by atoms with Crippen molar-refractivity contribution in [3.8, 4) is 0 Å². The second-order valence-corrected chi connectivity index (χ2v) is 4.63. The highest BCUT2D eigenvalue weighted by atomic mass is 16.2. The second-order valence-electron chi connectivity index (χ2n) is 4.63. The lowest BCUT2D eigenvalue weighted by Crippen LogP contribution is -2.44. The van der Waals surface area contributed by atoms with Crippen LogP contribution in [0.4, 0.5) is 5.82 Å². The van der Waals surface area contributed by atoms with Gasteiger partial charge in [-0.3, -0.25) is 9.48 Å². The summed E-state index contributed by atoms with van der Waals surface area (Å²) in [5.41, 5.74) is 6.20. The number of aryl methyl sites for hydroxylation is 1. The second kappa shape index (κ2) is 4.77. The van der Waals surface area contributed by atoms with Crippen LogP contribution in [0, 0.1) is 0 Å². The van der Waals surface area contributed by atoms with E-state index in [1.54, 1.807) is 17.8 Å². The minimum atomic E-state index is 0.0586. The third-order valence-corrected chi connectivity index (χ3v) is 3.48. The highest BCUT2D eigenvalue weighted by Gasteiger charge is 2.27. The van der Waals surface area contributed by atoms with Crippen LogP contribution in [-0.4, -0.2) is 33.2 Å². The molecule has 94 valence electrons. The molecule has 5 nitrogen and oxygen atoms in total. The molecule has 1 atom stereocenters. The average Bonchev–Trinajstić information content (AvgIpc) is 2.67. The van der Waals surface area contributed by atoms with Gasteiger partial charge in [-0.1, -0.05) is 6.92 Å². The fourth-order valence-electron chi connectivity index (χ4n) is 2.53. The van der Waals surface area contributed by atoms with Crippen molar-refractivity contribution >= 4 is 11.7 Å². The van der Waals surface area contributed by atoms with Crippen LogP contribution >= 0.6 is 0 Å². The van der Waals surface area contributed by atoms with E-state index < -0.39 is 0 Å². The summed E-state index contributed by atoms with van der Waals surface area (Å²) in [4.78, 5) is 14.4. The molecular weight excluding hydrogens is 216 g/mol. The third-order valence-electron chi connectivity index (χ3n) is 3.48. The number of anilines is 1. The quantitative estimate of drug-likeness (QED) is 0.844. The summed E-state index contributed by atoms with van der Waals surface area (Å²) in [6.07, 6.45) is 4.43. The Morgan fingerprint density at radius 3 is 2.94 bits per heavy atom. The summed E-state index contributed by atoms with van der Waals surface area (Å²) in [5.74, 6) is 0.462. The molecule has 0 radical (unpaired) electrons. The minimum Gasteiger partial charge on any atom is -0.382 e. The fourth-order valence-corrected chi connectivity index (χ4v) is 2.53. The Morgan fingerprint density at radius 1 is 1.59 bits per heavy atom. The smallest absolute Gasteiger partial charge is 0.272 e. The van der Waals surface area contributed by atoms with Gasteiger partial charge in [0.2, 0.25) is 0 Å². The number of nitrogen functional groups attached to an aromatic ring is 1. The van der Waals surface area contributed by atoms with Gasteiger partial charge in [-0.25, -0.2) is 0 Å². The SMILES string of the molecule is CC[C@H]1CCCCN1C(=O)c1cc(N)nn1C. The van der Waals surface area contributed by atoms with Crippen molar-refractivity contribution in [3.05, 3.63) is 11.8 Å². The lowest BCUT2D eigenvalue weighted by molar-refractivity contribution is 0.0596. The lowest BCUT2D eigenvalue weighted by Gasteiger charge is -2.35. The standard InChI is InChI=1S/C12H20N4O/c1-3-9-6-4-5-7-16(9)12(17)10-8-11(13)14-15(10)2/h8-9H,3-7H2,1-2H3,(H2,13,14)/t9-/m0/s1. The zero-order valence-electron chi connectivity index (χ0n) is 10.5. The van der Waals surface area contributed by atoms with E-state index in [4.69, 9.17) is 5.73 Å². The fraction of sp³-hybridized carbons (Fsp3) is 0.667. The van der Waals surface area contributed by atoms with Crippen LogP contribution in [0.15, 0.2) is 6.07 Å². The molecule has 0 bridgehead atoms. The van der Waals surface area contributed by atoms with Crippen molar-refractivity contribution in [2.45, 2.75) is 38.6 Å². The van der Waals surface area contributed by atoms with Gasteiger partial charge in [-0.2, -0.15) is 5.10 Å². The number of carbonyl (C=O) groups is 1. The molecule has 0 unspecified atom stereocenters. The first kappa shape index (κ1) is 12.0. The summed E-state index contributed by atoms with van der Waals surface area (Å²) in [5, 5.41) is 4.02. The number of nitrogens with two attached hydrogens (primary N) is 1. The molecule has 5 heteroatoms. The van der Waals surface area contributed by atoms with E-state index in [0.29, 0.717) is 17.6 Å². The molecule has 1 aromatic heterocycles. The Bertz CT molecular complexity index is 413. The summed E-state index contributed by atoms with van der Waals surface area (Å²) in [6.45, 7) is 2.98. The van der Waals surface area contributed by atoms with E-state index in [1.807, 2.05) is 4.90 Å². The van der Waals surface area contributed by atoms with Crippen molar-refractivity contribution in [2.24, 2.45) is 7.05 Å². The number of rotatable bonds is 2. The first-order valence-corrected chi connectivity index (χ1v) is 6.24.